The summed E-state index contributed by atoms with van der Waals surface area (Å²) in [5.74, 6) is -0.464. The molecule has 74 valence electrons. The lowest BCUT2D eigenvalue weighted by atomic mass is 9.74. The molecule has 2 aliphatic rings. The largest absolute Gasteiger partial charge is 0.481 e. The molecule has 2 atom stereocenters. The van der Waals surface area contributed by atoms with E-state index in [4.69, 9.17) is 4.74 Å². The van der Waals surface area contributed by atoms with Gasteiger partial charge in [-0.3, -0.25) is 4.79 Å². The summed E-state index contributed by atoms with van der Waals surface area (Å²) in [4.78, 5) is 13.3. The third-order valence-electron chi connectivity index (χ3n) is 3.30. The predicted molar refractivity (Wildman–Crippen MR) is 46.5 cm³/mol. The molecule has 0 aromatic carbocycles. The van der Waals surface area contributed by atoms with Gasteiger partial charge in [-0.15, -0.1) is 0 Å². The minimum absolute atomic E-state index is 0.184. The van der Waals surface area contributed by atoms with Crippen LogP contribution in [0.25, 0.3) is 0 Å². The minimum atomic E-state index is -0.648. The van der Waals surface area contributed by atoms with Crippen molar-refractivity contribution in [2.45, 2.75) is 6.42 Å². The Labute approximate surface area is 77.5 Å². The fraction of sp³-hybridized carbons (Fsp3) is 0.889. The standard InChI is InChI=1S/C9H15NO3/c1-10-4-7-5-13-3-2-9(7,6-10)8(11)12/h7H,2-6H2,1H3,(H,11,12)/t7-,9+/m1/s1. The zero-order valence-corrected chi connectivity index (χ0v) is 7.82. The quantitative estimate of drug-likeness (QED) is 0.626. The summed E-state index contributed by atoms with van der Waals surface area (Å²) < 4.78 is 5.32. The van der Waals surface area contributed by atoms with Crippen molar-refractivity contribution in [1.82, 2.24) is 4.90 Å². The molecule has 0 radical (unpaired) electrons. The Hall–Kier alpha value is -0.610. The molecule has 0 amide bonds. The third kappa shape index (κ3) is 1.25. The van der Waals surface area contributed by atoms with Gasteiger partial charge < -0.3 is 14.7 Å². The summed E-state index contributed by atoms with van der Waals surface area (Å²) in [6, 6.07) is 0. The molecular formula is C9H15NO3. The van der Waals surface area contributed by atoms with Crippen molar-refractivity contribution in [3.63, 3.8) is 0 Å². The van der Waals surface area contributed by atoms with Gasteiger partial charge in [-0.2, -0.15) is 0 Å². The smallest absolute Gasteiger partial charge is 0.311 e. The van der Waals surface area contributed by atoms with Gasteiger partial charge in [0.1, 0.15) is 0 Å². The topological polar surface area (TPSA) is 49.8 Å². The van der Waals surface area contributed by atoms with Crippen LogP contribution in [0.2, 0.25) is 0 Å². The number of likely N-dealkylation sites (tertiary alicyclic amines) is 1. The van der Waals surface area contributed by atoms with Crippen molar-refractivity contribution in [1.29, 1.82) is 0 Å². The molecule has 0 aliphatic carbocycles. The molecule has 13 heavy (non-hydrogen) atoms. The zero-order valence-electron chi connectivity index (χ0n) is 7.82. The highest BCUT2D eigenvalue weighted by molar-refractivity contribution is 5.76. The first-order chi connectivity index (χ1) is 6.15. The number of fused-ring (bicyclic) bond motifs is 1. The molecular weight excluding hydrogens is 170 g/mol. The Morgan fingerprint density at radius 3 is 3.08 bits per heavy atom. The van der Waals surface area contributed by atoms with Gasteiger partial charge in [-0.05, 0) is 13.5 Å². The van der Waals surface area contributed by atoms with Crippen LogP contribution in [-0.2, 0) is 9.53 Å². The van der Waals surface area contributed by atoms with E-state index in [1.807, 2.05) is 7.05 Å². The molecule has 0 saturated carbocycles. The molecule has 4 nitrogen and oxygen atoms in total. The average Bonchev–Trinajstić information content (AvgIpc) is 2.41. The van der Waals surface area contributed by atoms with Crippen LogP contribution in [0, 0.1) is 11.3 Å². The van der Waals surface area contributed by atoms with Crippen molar-refractivity contribution < 1.29 is 14.6 Å². The van der Waals surface area contributed by atoms with E-state index in [1.54, 1.807) is 0 Å². The van der Waals surface area contributed by atoms with Gasteiger partial charge in [0, 0.05) is 25.6 Å². The zero-order chi connectivity index (χ0) is 9.47. The second kappa shape index (κ2) is 2.96. The van der Waals surface area contributed by atoms with Crippen molar-refractivity contribution in [3.8, 4) is 0 Å². The molecule has 4 heteroatoms. The molecule has 2 fully saturated rings. The fourth-order valence-corrected chi connectivity index (χ4v) is 2.55. The Morgan fingerprint density at radius 1 is 1.69 bits per heavy atom. The summed E-state index contributed by atoms with van der Waals surface area (Å²) in [7, 11) is 1.98. The Kier molecular flexibility index (Phi) is 2.04. The molecule has 0 bridgehead atoms. The van der Waals surface area contributed by atoms with Crippen molar-refractivity contribution in [2.24, 2.45) is 11.3 Å². The van der Waals surface area contributed by atoms with Crippen molar-refractivity contribution in [2.75, 3.05) is 33.4 Å². The Bertz CT molecular complexity index is 231. The van der Waals surface area contributed by atoms with Crippen LogP contribution >= 0.6 is 0 Å². The van der Waals surface area contributed by atoms with Gasteiger partial charge in [0.2, 0.25) is 0 Å². The normalized spacial score (nSPS) is 40.2. The third-order valence-corrected chi connectivity index (χ3v) is 3.30. The summed E-state index contributed by atoms with van der Waals surface area (Å²) in [5, 5.41) is 9.23. The number of ether oxygens (including phenoxy) is 1. The molecule has 2 aliphatic heterocycles. The van der Waals surface area contributed by atoms with E-state index in [9.17, 15) is 9.90 Å². The predicted octanol–water partition coefficient (Wildman–Crippen LogP) is 0.0393. The number of carboxylic acids is 1. The number of carboxylic acid groups (broad SMARTS) is 1. The number of rotatable bonds is 1. The van der Waals surface area contributed by atoms with E-state index in [2.05, 4.69) is 4.90 Å². The molecule has 0 aromatic rings. The van der Waals surface area contributed by atoms with Gasteiger partial charge in [-0.25, -0.2) is 0 Å². The molecule has 0 aromatic heterocycles. The highest BCUT2D eigenvalue weighted by Gasteiger charge is 2.52. The van der Waals surface area contributed by atoms with E-state index in [0.29, 0.717) is 26.2 Å². The molecule has 0 unspecified atom stereocenters. The van der Waals surface area contributed by atoms with Gasteiger partial charge in [0.15, 0.2) is 0 Å². The van der Waals surface area contributed by atoms with Crippen LogP contribution in [0.15, 0.2) is 0 Å². The minimum Gasteiger partial charge on any atom is -0.481 e. The summed E-state index contributed by atoms with van der Waals surface area (Å²) in [6.45, 7) is 2.73. The number of aliphatic carboxylic acids is 1. The lowest BCUT2D eigenvalue weighted by Crippen LogP contribution is -2.44. The first-order valence-corrected chi connectivity index (χ1v) is 4.65. The molecule has 2 rings (SSSR count). The second-order valence-electron chi connectivity index (χ2n) is 4.18. The first kappa shape index (κ1) is 8.97. The summed E-state index contributed by atoms with van der Waals surface area (Å²) in [6.07, 6.45) is 0.664. The lowest BCUT2D eigenvalue weighted by Gasteiger charge is -2.34. The first-order valence-electron chi connectivity index (χ1n) is 4.65. The maximum atomic E-state index is 11.2. The van der Waals surface area contributed by atoms with E-state index in [0.717, 1.165) is 6.54 Å². The number of hydrogen-bond acceptors (Lipinski definition) is 3. The van der Waals surface area contributed by atoms with Crippen LogP contribution in [0.3, 0.4) is 0 Å². The van der Waals surface area contributed by atoms with E-state index in [1.165, 1.54) is 0 Å². The monoisotopic (exact) mass is 185 g/mol. The van der Waals surface area contributed by atoms with Crippen LogP contribution in [0.1, 0.15) is 6.42 Å². The number of hydrogen-bond donors (Lipinski definition) is 1. The van der Waals surface area contributed by atoms with Crippen molar-refractivity contribution >= 4 is 5.97 Å². The van der Waals surface area contributed by atoms with Crippen LogP contribution in [0.4, 0.5) is 0 Å². The van der Waals surface area contributed by atoms with Gasteiger partial charge in [-0.1, -0.05) is 0 Å². The lowest BCUT2D eigenvalue weighted by molar-refractivity contribution is -0.157. The fourth-order valence-electron chi connectivity index (χ4n) is 2.55. The summed E-state index contributed by atoms with van der Waals surface area (Å²) in [5.41, 5.74) is -0.521. The summed E-state index contributed by atoms with van der Waals surface area (Å²) >= 11 is 0. The number of carbonyl (C=O) groups is 1. The Morgan fingerprint density at radius 2 is 2.46 bits per heavy atom. The van der Waals surface area contributed by atoms with Gasteiger partial charge >= 0.3 is 5.97 Å². The Balaban J connectivity index is 2.24. The van der Waals surface area contributed by atoms with Gasteiger partial charge in [0.05, 0.1) is 12.0 Å². The highest BCUT2D eigenvalue weighted by Crippen LogP contribution is 2.41. The SMILES string of the molecule is CN1C[C@@H]2COCC[C@]2(C(=O)O)C1. The molecule has 0 spiro atoms. The van der Waals surface area contributed by atoms with E-state index in [-0.39, 0.29) is 5.92 Å². The van der Waals surface area contributed by atoms with Crippen LogP contribution < -0.4 is 0 Å². The van der Waals surface area contributed by atoms with Crippen LogP contribution in [-0.4, -0.2) is 49.3 Å². The highest BCUT2D eigenvalue weighted by atomic mass is 16.5. The number of nitrogens with zero attached hydrogens (tertiary/aromatic N) is 1. The average molecular weight is 185 g/mol. The van der Waals surface area contributed by atoms with Crippen molar-refractivity contribution in [3.05, 3.63) is 0 Å². The van der Waals surface area contributed by atoms with E-state index >= 15 is 0 Å². The second-order valence-corrected chi connectivity index (χ2v) is 4.18. The van der Waals surface area contributed by atoms with Gasteiger partial charge in [0.25, 0.3) is 0 Å². The van der Waals surface area contributed by atoms with Crippen LogP contribution in [0.5, 0.6) is 0 Å². The molecule has 2 saturated heterocycles. The maximum absolute atomic E-state index is 11.2. The molecule has 2 heterocycles. The maximum Gasteiger partial charge on any atom is 0.311 e. The van der Waals surface area contributed by atoms with E-state index < -0.39 is 11.4 Å². The molecule has 1 N–H and O–H groups in total.